The molecule has 0 spiro atoms. The summed E-state index contributed by atoms with van der Waals surface area (Å²) >= 11 is 1.75. The normalized spacial score (nSPS) is 12.1. The lowest BCUT2D eigenvalue weighted by Gasteiger charge is -2.20. The number of methoxy groups -OCH3 is 1. The molecule has 0 saturated carbocycles. The van der Waals surface area contributed by atoms with Crippen LogP contribution in [0, 0.1) is 0 Å². The number of hydrogen-bond acceptors (Lipinski definition) is 4. The Hall–Kier alpha value is -1.52. The van der Waals surface area contributed by atoms with Crippen molar-refractivity contribution >= 4 is 11.8 Å². The highest BCUT2D eigenvalue weighted by molar-refractivity contribution is 7.99. The van der Waals surface area contributed by atoms with Crippen molar-refractivity contribution in [1.82, 2.24) is 10.3 Å². The van der Waals surface area contributed by atoms with Gasteiger partial charge in [-0.3, -0.25) is 0 Å². The van der Waals surface area contributed by atoms with Gasteiger partial charge in [-0.2, -0.15) is 0 Å². The highest BCUT2D eigenvalue weighted by atomic mass is 32.2. The van der Waals surface area contributed by atoms with E-state index in [9.17, 15) is 0 Å². The van der Waals surface area contributed by atoms with Crippen LogP contribution in [0.4, 0.5) is 0 Å². The SMILES string of the molecule is CCNC(CSc1ccccn1)c1ccccc1OC. The third kappa shape index (κ3) is 3.99. The Labute approximate surface area is 124 Å². The Morgan fingerprint density at radius 3 is 2.70 bits per heavy atom. The molecule has 3 nitrogen and oxygen atoms in total. The molecule has 20 heavy (non-hydrogen) atoms. The number of para-hydroxylation sites is 1. The second kappa shape index (κ2) is 7.92. The molecule has 0 radical (unpaired) electrons. The van der Waals surface area contributed by atoms with Gasteiger partial charge in [0.05, 0.1) is 12.1 Å². The van der Waals surface area contributed by atoms with Gasteiger partial charge in [0.2, 0.25) is 0 Å². The minimum Gasteiger partial charge on any atom is -0.496 e. The van der Waals surface area contributed by atoms with E-state index in [4.69, 9.17) is 4.74 Å². The smallest absolute Gasteiger partial charge is 0.123 e. The molecule has 2 aromatic rings. The molecule has 106 valence electrons. The fraction of sp³-hybridized carbons (Fsp3) is 0.312. The van der Waals surface area contributed by atoms with Gasteiger partial charge >= 0.3 is 0 Å². The van der Waals surface area contributed by atoms with E-state index in [0.717, 1.165) is 23.1 Å². The van der Waals surface area contributed by atoms with Crippen molar-refractivity contribution in [3.63, 3.8) is 0 Å². The summed E-state index contributed by atoms with van der Waals surface area (Å²) in [6, 6.07) is 14.4. The number of aromatic nitrogens is 1. The van der Waals surface area contributed by atoms with Crippen molar-refractivity contribution in [3.8, 4) is 5.75 Å². The summed E-state index contributed by atoms with van der Waals surface area (Å²) in [6.45, 7) is 3.04. The Morgan fingerprint density at radius 1 is 1.20 bits per heavy atom. The molecule has 0 aliphatic carbocycles. The highest BCUT2D eigenvalue weighted by Crippen LogP contribution is 2.29. The van der Waals surface area contributed by atoms with Crippen LogP contribution in [0.5, 0.6) is 5.75 Å². The maximum Gasteiger partial charge on any atom is 0.123 e. The number of benzene rings is 1. The van der Waals surface area contributed by atoms with Gasteiger partial charge in [0.15, 0.2) is 0 Å². The van der Waals surface area contributed by atoms with Crippen LogP contribution in [0.15, 0.2) is 53.7 Å². The van der Waals surface area contributed by atoms with Crippen LogP contribution in [0.1, 0.15) is 18.5 Å². The first kappa shape index (κ1) is 14.9. The number of rotatable bonds is 7. The molecule has 1 N–H and O–H groups in total. The molecule has 1 unspecified atom stereocenters. The summed E-state index contributed by atoms with van der Waals surface area (Å²) in [4.78, 5) is 4.35. The second-order valence-corrected chi connectivity index (χ2v) is 5.37. The molecular weight excluding hydrogens is 268 g/mol. The van der Waals surface area contributed by atoms with Gasteiger partial charge in [0, 0.05) is 23.6 Å². The van der Waals surface area contributed by atoms with Gasteiger partial charge in [-0.05, 0) is 24.7 Å². The van der Waals surface area contributed by atoms with Crippen LogP contribution in [0.3, 0.4) is 0 Å². The molecule has 4 heteroatoms. The zero-order valence-corrected chi connectivity index (χ0v) is 12.7. The van der Waals surface area contributed by atoms with E-state index < -0.39 is 0 Å². The summed E-state index contributed by atoms with van der Waals surface area (Å²) in [7, 11) is 1.72. The highest BCUT2D eigenvalue weighted by Gasteiger charge is 2.15. The Bertz CT molecular complexity index is 519. The van der Waals surface area contributed by atoms with Gasteiger partial charge < -0.3 is 10.1 Å². The largest absolute Gasteiger partial charge is 0.496 e. The van der Waals surface area contributed by atoms with E-state index in [2.05, 4.69) is 23.3 Å². The van der Waals surface area contributed by atoms with E-state index in [1.54, 1.807) is 18.9 Å². The topological polar surface area (TPSA) is 34.2 Å². The molecule has 0 aliphatic heterocycles. The number of ether oxygens (including phenoxy) is 1. The molecule has 1 aromatic heterocycles. The Balaban J connectivity index is 2.10. The third-order valence-corrected chi connectivity index (χ3v) is 4.04. The molecule has 1 atom stereocenters. The summed E-state index contributed by atoms with van der Waals surface area (Å²) in [5.41, 5.74) is 1.19. The first-order chi connectivity index (χ1) is 9.85. The third-order valence-electron chi connectivity index (χ3n) is 3.00. The fourth-order valence-corrected chi connectivity index (χ4v) is 3.01. The Morgan fingerprint density at radius 2 is 2.00 bits per heavy atom. The van der Waals surface area contributed by atoms with Crippen LogP contribution in [0.25, 0.3) is 0 Å². The monoisotopic (exact) mass is 288 g/mol. The Kier molecular flexibility index (Phi) is 5.89. The van der Waals surface area contributed by atoms with E-state index in [1.165, 1.54) is 5.56 Å². The molecule has 0 fully saturated rings. The van der Waals surface area contributed by atoms with Crippen molar-refractivity contribution in [1.29, 1.82) is 0 Å². The zero-order chi connectivity index (χ0) is 14.2. The predicted octanol–water partition coefficient (Wildman–Crippen LogP) is 3.53. The molecule has 1 aromatic carbocycles. The lowest BCUT2D eigenvalue weighted by atomic mass is 10.1. The molecule has 2 rings (SSSR count). The lowest BCUT2D eigenvalue weighted by molar-refractivity contribution is 0.403. The van der Waals surface area contributed by atoms with Crippen LogP contribution < -0.4 is 10.1 Å². The van der Waals surface area contributed by atoms with E-state index in [0.29, 0.717) is 0 Å². The minimum atomic E-state index is 0.253. The number of pyridine rings is 1. The fourth-order valence-electron chi connectivity index (χ4n) is 2.06. The average molecular weight is 288 g/mol. The maximum absolute atomic E-state index is 5.46. The van der Waals surface area contributed by atoms with Crippen molar-refractivity contribution in [2.45, 2.75) is 18.0 Å². The molecule has 0 aliphatic rings. The van der Waals surface area contributed by atoms with E-state index in [1.807, 2.05) is 42.6 Å². The first-order valence-corrected chi connectivity index (χ1v) is 7.73. The summed E-state index contributed by atoms with van der Waals surface area (Å²) in [6.07, 6.45) is 1.83. The second-order valence-electron chi connectivity index (χ2n) is 4.33. The summed E-state index contributed by atoms with van der Waals surface area (Å²) < 4.78 is 5.46. The molecular formula is C16H20N2OS. The number of thioether (sulfide) groups is 1. The van der Waals surface area contributed by atoms with Crippen molar-refractivity contribution < 1.29 is 4.74 Å². The number of hydrogen-bond donors (Lipinski definition) is 1. The molecule has 1 heterocycles. The standard InChI is InChI=1S/C16H20N2OS/c1-3-17-14(12-20-16-10-6-7-11-18-16)13-8-4-5-9-15(13)19-2/h4-11,14,17H,3,12H2,1-2H3. The van der Waals surface area contributed by atoms with Crippen LogP contribution in [0.2, 0.25) is 0 Å². The van der Waals surface area contributed by atoms with Crippen LogP contribution >= 0.6 is 11.8 Å². The van der Waals surface area contributed by atoms with Gasteiger partial charge in [-0.15, -0.1) is 11.8 Å². The van der Waals surface area contributed by atoms with Gasteiger partial charge in [0.25, 0.3) is 0 Å². The van der Waals surface area contributed by atoms with Crippen LogP contribution in [-0.2, 0) is 0 Å². The first-order valence-electron chi connectivity index (χ1n) is 6.75. The van der Waals surface area contributed by atoms with Crippen molar-refractivity contribution in [3.05, 3.63) is 54.2 Å². The molecule has 0 amide bonds. The van der Waals surface area contributed by atoms with Crippen molar-refractivity contribution in [2.24, 2.45) is 0 Å². The summed E-state index contributed by atoms with van der Waals surface area (Å²) in [5, 5.41) is 4.56. The van der Waals surface area contributed by atoms with Gasteiger partial charge in [0.1, 0.15) is 5.75 Å². The molecule has 0 saturated heterocycles. The van der Waals surface area contributed by atoms with E-state index >= 15 is 0 Å². The van der Waals surface area contributed by atoms with Crippen LogP contribution in [-0.4, -0.2) is 24.4 Å². The average Bonchev–Trinajstić information content (AvgIpc) is 2.52. The lowest BCUT2D eigenvalue weighted by Crippen LogP contribution is -2.23. The minimum absolute atomic E-state index is 0.253. The number of nitrogens with zero attached hydrogens (tertiary/aromatic N) is 1. The quantitative estimate of drug-likeness (QED) is 0.790. The number of nitrogens with one attached hydrogen (secondary N) is 1. The zero-order valence-electron chi connectivity index (χ0n) is 11.9. The van der Waals surface area contributed by atoms with Crippen molar-refractivity contribution in [2.75, 3.05) is 19.4 Å². The summed E-state index contributed by atoms with van der Waals surface area (Å²) in [5.74, 6) is 1.85. The maximum atomic E-state index is 5.46. The van der Waals surface area contributed by atoms with Gasteiger partial charge in [-0.1, -0.05) is 31.2 Å². The van der Waals surface area contributed by atoms with Gasteiger partial charge in [-0.25, -0.2) is 4.98 Å². The predicted molar refractivity (Wildman–Crippen MR) is 84.4 cm³/mol. The molecule has 0 bridgehead atoms. The van der Waals surface area contributed by atoms with E-state index in [-0.39, 0.29) is 6.04 Å².